The van der Waals surface area contributed by atoms with E-state index in [1.807, 2.05) is 6.92 Å². The van der Waals surface area contributed by atoms with Crippen molar-refractivity contribution in [3.05, 3.63) is 23.5 Å². The summed E-state index contributed by atoms with van der Waals surface area (Å²) in [5.74, 6) is 0.549. The van der Waals surface area contributed by atoms with Gasteiger partial charge in [-0.1, -0.05) is 0 Å². The molecule has 0 saturated heterocycles. The van der Waals surface area contributed by atoms with Gasteiger partial charge in [0.2, 0.25) is 0 Å². The van der Waals surface area contributed by atoms with Crippen molar-refractivity contribution in [2.75, 3.05) is 14.2 Å². The van der Waals surface area contributed by atoms with E-state index >= 15 is 0 Å². The Bertz CT molecular complexity index is 428. The van der Waals surface area contributed by atoms with Crippen molar-refractivity contribution in [3.63, 3.8) is 0 Å². The van der Waals surface area contributed by atoms with Crippen LogP contribution in [-0.2, 0) is 5.41 Å². The van der Waals surface area contributed by atoms with Crippen LogP contribution >= 0.6 is 0 Å². The van der Waals surface area contributed by atoms with Crippen molar-refractivity contribution in [2.24, 2.45) is 5.73 Å². The number of nitrogens with two attached hydrogens (primary N) is 1. The van der Waals surface area contributed by atoms with Gasteiger partial charge in [-0.15, -0.1) is 0 Å². The highest BCUT2D eigenvalue weighted by Gasteiger charge is 2.51. The molecule has 1 unspecified atom stereocenters. The molecule has 2 N–H and O–H groups in total. The normalized spacial score (nSPS) is 18.6. The van der Waals surface area contributed by atoms with Crippen LogP contribution in [0.5, 0.6) is 11.5 Å². The van der Waals surface area contributed by atoms with Crippen LogP contribution in [0.1, 0.15) is 25.3 Å². The zero-order valence-electron chi connectivity index (χ0n) is 10.4. The van der Waals surface area contributed by atoms with Gasteiger partial charge in [-0.2, -0.15) is 0 Å². The highest BCUT2D eigenvalue weighted by atomic mass is 19.1. The Morgan fingerprint density at radius 2 is 1.94 bits per heavy atom. The molecule has 4 heteroatoms. The lowest BCUT2D eigenvalue weighted by Crippen LogP contribution is -2.32. The van der Waals surface area contributed by atoms with Crippen molar-refractivity contribution in [2.45, 2.75) is 31.2 Å². The SMILES string of the molecule is COc1ccc(F)c(OC)c1C1(C(C)N)CC1. The summed E-state index contributed by atoms with van der Waals surface area (Å²) in [6.07, 6.45) is 1.89. The smallest absolute Gasteiger partial charge is 0.165 e. The molecule has 1 aromatic carbocycles. The summed E-state index contributed by atoms with van der Waals surface area (Å²) < 4.78 is 24.3. The van der Waals surface area contributed by atoms with Crippen LogP contribution in [0.25, 0.3) is 0 Å². The molecule has 0 spiro atoms. The molecule has 0 heterocycles. The van der Waals surface area contributed by atoms with Gasteiger partial charge in [0.1, 0.15) is 5.75 Å². The average Bonchev–Trinajstić information content (AvgIpc) is 3.09. The minimum absolute atomic E-state index is 0.0490. The van der Waals surface area contributed by atoms with Crippen molar-refractivity contribution >= 4 is 0 Å². The van der Waals surface area contributed by atoms with Gasteiger partial charge in [-0.05, 0) is 31.9 Å². The Kier molecular flexibility index (Phi) is 3.00. The molecule has 1 aliphatic rings. The van der Waals surface area contributed by atoms with E-state index in [-0.39, 0.29) is 23.0 Å². The zero-order chi connectivity index (χ0) is 12.6. The van der Waals surface area contributed by atoms with Gasteiger partial charge in [0, 0.05) is 17.0 Å². The average molecular weight is 239 g/mol. The predicted molar refractivity (Wildman–Crippen MR) is 64.1 cm³/mol. The summed E-state index contributed by atoms with van der Waals surface area (Å²) in [6.45, 7) is 1.94. The van der Waals surface area contributed by atoms with Crippen LogP contribution in [0.15, 0.2) is 12.1 Å². The minimum atomic E-state index is -0.366. The van der Waals surface area contributed by atoms with E-state index in [1.54, 1.807) is 13.2 Å². The molecule has 0 bridgehead atoms. The quantitative estimate of drug-likeness (QED) is 0.876. The molecule has 1 saturated carbocycles. The number of methoxy groups -OCH3 is 2. The first-order chi connectivity index (χ1) is 8.06. The number of hydrogen-bond donors (Lipinski definition) is 1. The molecule has 3 nitrogen and oxygen atoms in total. The van der Waals surface area contributed by atoms with E-state index in [2.05, 4.69) is 0 Å². The molecule has 2 rings (SSSR count). The van der Waals surface area contributed by atoms with Gasteiger partial charge < -0.3 is 15.2 Å². The summed E-state index contributed by atoms with van der Waals surface area (Å²) in [5, 5.41) is 0. The van der Waals surface area contributed by atoms with Crippen molar-refractivity contribution in [1.82, 2.24) is 0 Å². The summed E-state index contributed by atoms with van der Waals surface area (Å²) in [4.78, 5) is 0. The van der Waals surface area contributed by atoms with Crippen LogP contribution in [0.3, 0.4) is 0 Å². The molecule has 94 valence electrons. The van der Waals surface area contributed by atoms with E-state index in [1.165, 1.54) is 13.2 Å². The third kappa shape index (κ3) is 1.76. The molecule has 17 heavy (non-hydrogen) atoms. The maximum atomic E-state index is 13.8. The van der Waals surface area contributed by atoms with Crippen molar-refractivity contribution in [3.8, 4) is 11.5 Å². The fraction of sp³-hybridized carbons (Fsp3) is 0.538. The Balaban J connectivity index is 2.61. The molecular formula is C13H18FNO2. The second-order valence-corrected chi connectivity index (χ2v) is 4.60. The fourth-order valence-corrected chi connectivity index (χ4v) is 2.45. The number of hydrogen-bond acceptors (Lipinski definition) is 3. The van der Waals surface area contributed by atoms with Crippen molar-refractivity contribution in [1.29, 1.82) is 0 Å². The number of halogens is 1. The number of rotatable bonds is 4. The molecule has 1 aliphatic carbocycles. The van der Waals surface area contributed by atoms with E-state index in [0.717, 1.165) is 18.4 Å². The first-order valence-corrected chi connectivity index (χ1v) is 5.73. The summed E-state index contributed by atoms with van der Waals surface area (Å²) in [5.41, 5.74) is 6.61. The lowest BCUT2D eigenvalue weighted by molar-refractivity contribution is 0.351. The predicted octanol–water partition coefficient (Wildman–Crippen LogP) is 2.22. The van der Waals surface area contributed by atoms with E-state index in [9.17, 15) is 4.39 Å². The lowest BCUT2D eigenvalue weighted by Gasteiger charge is -2.25. The number of benzene rings is 1. The Labute approximate surface area is 101 Å². The Morgan fingerprint density at radius 3 is 2.35 bits per heavy atom. The minimum Gasteiger partial charge on any atom is -0.496 e. The molecule has 1 atom stereocenters. The second kappa shape index (κ2) is 4.18. The van der Waals surface area contributed by atoms with E-state index in [0.29, 0.717) is 5.75 Å². The molecule has 0 aliphatic heterocycles. The Hall–Kier alpha value is -1.29. The van der Waals surface area contributed by atoms with Gasteiger partial charge in [0.25, 0.3) is 0 Å². The third-order valence-electron chi connectivity index (χ3n) is 3.65. The van der Waals surface area contributed by atoms with E-state index < -0.39 is 0 Å². The highest BCUT2D eigenvalue weighted by molar-refractivity contribution is 5.54. The molecular weight excluding hydrogens is 221 g/mol. The van der Waals surface area contributed by atoms with Crippen LogP contribution in [0.2, 0.25) is 0 Å². The zero-order valence-corrected chi connectivity index (χ0v) is 10.4. The van der Waals surface area contributed by atoms with Gasteiger partial charge >= 0.3 is 0 Å². The van der Waals surface area contributed by atoms with Gasteiger partial charge in [0.05, 0.1) is 14.2 Å². The van der Waals surface area contributed by atoms with Crippen LogP contribution < -0.4 is 15.2 Å². The first kappa shape index (κ1) is 12.2. The maximum absolute atomic E-state index is 13.8. The summed E-state index contributed by atoms with van der Waals surface area (Å²) in [7, 11) is 3.05. The highest BCUT2D eigenvalue weighted by Crippen LogP contribution is 2.56. The summed E-state index contributed by atoms with van der Waals surface area (Å²) >= 11 is 0. The Morgan fingerprint density at radius 1 is 1.29 bits per heavy atom. The summed E-state index contributed by atoms with van der Waals surface area (Å²) in [6, 6.07) is 2.95. The second-order valence-electron chi connectivity index (χ2n) is 4.60. The largest absolute Gasteiger partial charge is 0.496 e. The van der Waals surface area contributed by atoms with Gasteiger partial charge in [-0.25, -0.2) is 4.39 Å². The van der Waals surface area contributed by atoms with Crippen LogP contribution in [-0.4, -0.2) is 20.3 Å². The number of ether oxygens (including phenoxy) is 2. The maximum Gasteiger partial charge on any atom is 0.165 e. The monoisotopic (exact) mass is 239 g/mol. The van der Waals surface area contributed by atoms with Crippen molar-refractivity contribution < 1.29 is 13.9 Å². The topological polar surface area (TPSA) is 44.5 Å². The van der Waals surface area contributed by atoms with E-state index in [4.69, 9.17) is 15.2 Å². The molecule has 1 fully saturated rings. The van der Waals surface area contributed by atoms with Crippen LogP contribution in [0, 0.1) is 5.82 Å². The molecule has 1 aromatic rings. The molecule has 0 amide bonds. The molecule has 0 radical (unpaired) electrons. The third-order valence-corrected chi connectivity index (χ3v) is 3.65. The fourth-order valence-electron chi connectivity index (χ4n) is 2.45. The first-order valence-electron chi connectivity index (χ1n) is 5.73. The molecule has 0 aromatic heterocycles. The lowest BCUT2D eigenvalue weighted by atomic mass is 9.87. The van der Waals surface area contributed by atoms with Gasteiger partial charge in [0.15, 0.2) is 11.6 Å². The standard InChI is InChI=1S/C13H18FNO2/c1-8(15)13(6-7-13)11-10(16-2)5-4-9(14)12(11)17-3/h4-5,8H,6-7,15H2,1-3H3. The van der Waals surface area contributed by atoms with Crippen LogP contribution in [0.4, 0.5) is 4.39 Å². The van der Waals surface area contributed by atoms with Gasteiger partial charge in [-0.3, -0.25) is 0 Å².